The highest BCUT2D eigenvalue weighted by Crippen LogP contribution is 2.31. The van der Waals surface area contributed by atoms with Gasteiger partial charge in [-0.2, -0.15) is 0 Å². The zero-order valence-electron chi connectivity index (χ0n) is 15.6. The van der Waals surface area contributed by atoms with E-state index in [1.165, 1.54) is 34.6 Å². The third-order valence-electron chi connectivity index (χ3n) is 3.42. The number of rotatable bonds is 12. The molecule has 0 saturated carbocycles. The highest BCUT2D eigenvalue weighted by Gasteiger charge is 2.08. The largest absolute Gasteiger partial charge is 0.309 e. The predicted molar refractivity (Wildman–Crippen MR) is 118 cm³/mol. The van der Waals surface area contributed by atoms with E-state index in [2.05, 4.69) is 87.7 Å². The lowest BCUT2D eigenvalue weighted by molar-refractivity contribution is 0.371. The molecule has 2 atom stereocenters. The van der Waals surface area contributed by atoms with Gasteiger partial charge in [-0.3, -0.25) is 0 Å². The van der Waals surface area contributed by atoms with Crippen LogP contribution in [0.5, 0.6) is 0 Å². The summed E-state index contributed by atoms with van der Waals surface area (Å²) in [5, 5.41) is 0. The molecule has 0 heterocycles. The minimum atomic E-state index is 0.584. The number of halogens is 1. The first-order valence-corrected chi connectivity index (χ1v) is 10.4. The Bertz CT molecular complexity index is 423. The van der Waals surface area contributed by atoms with E-state index in [0.29, 0.717) is 9.84 Å². The Morgan fingerprint density at radius 3 is 2.52 bits per heavy atom. The summed E-state index contributed by atoms with van der Waals surface area (Å²) in [5.41, 5.74) is 1.42. The fourth-order valence-corrected chi connectivity index (χ4v) is 4.88. The number of thioether (sulfide) groups is 1. The third kappa shape index (κ3) is 14.1. The highest BCUT2D eigenvalue weighted by molar-refractivity contribution is 14.1. The van der Waals surface area contributed by atoms with Crippen LogP contribution in [0, 0.1) is 5.92 Å². The van der Waals surface area contributed by atoms with Crippen molar-refractivity contribution in [1.29, 1.82) is 0 Å². The molecule has 0 fully saturated rings. The summed E-state index contributed by atoms with van der Waals surface area (Å²) in [6.45, 7) is 15.8. The molecule has 0 saturated heterocycles. The van der Waals surface area contributed by atoms with E-state index < -0.39 is 0 Å². The van der Waals surface area contributed by atoms with Gasteiger partial charge in [-0.05, 0) is 69.4 Å². The van der Waals surface area contributed by atoms with Crippen molar-refractivity contribution in [3.05, 3.63) is 46.8 Å². The quantitative estimate of drug-likeness (QED) is 0.183. The first kappa shape index (κ1) is 23.0. The second-order valence-corrected chi connectivity index (χ2v) is 9.79. The average molecular weight is 447 g/mol. The average Bonchev–Trinajstić information content (AvgIpc) is 2.36. The Balaban J connectivity index is 4.10. The van der Waals surface area contributed by atoms with Crippen molar-refractivity contribution in [1.82, 2.24) is 4.90 Å². The Kier molecular flexibility index (Phi) is 13.3. The van der Waals surface area contributed by atoms with Gasteiger partial charge in [0, 0.05) is 10.5 Å². The lowest BCUT2D eigenvalue weighted by atomic mass is 10.1. The lowest BCUT2D eigenvalue weighted by Gasteiger charge is -2.15. The summed E-state index contributed by atoms with van der Waals surface area (Å²) in [6.07, 6.45) is 11.1. The maximum absolute atomic E-state index is 4.26. The predicted octanol–water partition coefficient (Wildman–Crippen LogP) is 6.83. The molecular weight excluding hydrogens is 413 g/mol. The fourth-order valence-electron chi connectivity index (χ4n) is 2.57. The summed E-state index contributed by atoms with van der Waals surface area (Å²) < 4.78 is 0.677. The van der Waals surface area contributed by atoms with Crippen LogP contribution in [0.25, 0.3) is 0 Å². The minimum Gasteiger partial charge on any atom is -0.309 e. The summed E-state index contributed by atoms with van der Waals surface area (Å²) in [6, 6.07) is 0. The van der Waals surface area contributed by atoms with Gasteiger partial charge < -0.3 is 4.90 Å². The molecule has 0 aromatic rings. The van der Waals surface area contributed by atoms with Crippen LogP contribution in [-0.4, -0.2) is 29.5 Å². The number of alkyl halides is 1. The van der Waals surface area contributed by atoms with Crippen molar-refractivity contribution in [2.45, 2.75) is 50.4 Å². The molecule has 0 aromatic heterocycles. The second-order valence-electron chi connectivity index (χ2n) is 6.60. The SMILES string of the molecule is C=C/C=C(/C)CCCC(I)CC(=C)S/C(C)=C/[C@H](C)CN(C)C. The lowest BCUT2D eigenvalue weighted by Crippen LogP contribution is -2.18. The van der Waals surface area contributed by atoms with Gasteiger partial charge in [0.1, 0.15) is 0 Å². The van der Waals surface area contributed by atoms with E-state index in [1.807, 2.05) is 17.8 Å². The summed E-state index contributed by atoms with van der Waals surface area (Å²) >= 11 is 4.42. The van der Waals surface area contributed by atoms with E-state index in [4.69, 9.17) is 0 Å². The van der Waals surface area contributed by atoms with E-state index in [9.17, 15) is 0 Å². The molecule has 0 bridgehead atoms. The normalized spacial score (nSPS) is 15.6. The van der Waals surface area contributed by atoms with Gasteiger partial charge >= 0.3 is 0 Å². The Morgan fingerprint density at radius 1 is 1.30 bits per heavy atom. The molecule has 0 aliphatic heterocycles. The van der Waals surface area contributed by atoms with Crippen molar-refractivity contribution < 1.29 is 0 Å². The zero-order valence-corrected chi connectivity index (χ0v) is 18.5. The summed E-state index contributed by atoms with van der Waals surface area (Å²) in [4.78, 5) is 4.89. The fraction of sp³-hybridized carbons (Fsp3) is 0.600. The molecule has 132 valence electrons. The molecule has 0 amide bonds. The smallest absolute Gasteiger partial charge is 0.0155 e. The van der Waals surface area contributed by atoms with Crippen molar-refractivity contribution in [2.24, 2.45) is 5.92 Å². The first-order chi connectivity index (χ1) is 10.7. The Labute approximate surface area is 162 Å². The first-order valence-electron chi connectivity index (χ1n) is 8.35. The van der Waals surface area contributed by atoms with Crippen LogP contribution in [0.1, 0.15) is 46.5 Å². The molecule has 0 N–H and O–H groups in total. The monoisotopic (exact) mass is 447 g/mol. The third-order valence-corrected chi connectivity index (χ3v) is 5.39. The highest BCUT2D eigenvalue weighted by atomic mass is 127. The van der Waals surface area contributed by atoms with Gasteiger partial charge in [0.2, 0.25) is 0 Å². The van der Waals surface area contributed by atoms with E-state index >= 15 is 0 Å². The van der Waals surface area contributed by atoms with Gasteiger partial charge in [0.05, 0.1) is 0 Å². The summed E-state index contributed by atoms with van der Waals surface area (Å²) in [5.74, 6) is 0.584. The molecule has 0 radical (unpaired) electrons. The van der Waals surface area contributed by atoms with E-state index in [0.717, 1.165) is 13.0 Å². The van der Waals surface area contributed by atoms with Crippen LogP contribution in [0.3, 0.4) is 0 Å². The summed E-state index contributed by atoms with van der Waals surface area (Å²) in [7, 11) is 4.25. The second kappa shape index (κ2) is 13.3. The zero-order chi connectivity index (χ0) is 17.8. The van der Waals surface area contributed by atoms with Gasteiger partial charge in [0.15, 0.2) is 0 Å². The van der Waals surface area contributed by atoms with Crippen LogP contribution >= 0.6 is 34.4 Å². The number of hydrogen-bond donors (Lipinski definition) is 0. The number of nitrogens with zero attached hydrogens (tertiary/aromatic N) is 1. The van der Waals surface area contributed by atoms with Crippen LogP contribution < -0.4 is 0 Å². The Hall–Kier alpha value is -0.0000000000000000763. The standard InChI is InChI=1S/C20H34INS/c1-8-10-16(2)11-9-12-20(21)14-19(5)23-18(4)13-17(3)15-22(6)7/h8,10,13,17,20H,1,5,9,11-12,14-15H2,2-4,6-7H3/b16-10-,18-13+/t17-,20?/m0/s1. The van der Waals surface area contributed by atoms with Crippen LogP contribution in [0.15, 0.2) is 46.8 Å². The Morgan fingerprint density at radius 2 is 1.96 bits per heavy atom. The maximum Gasteiger partial charge on any atom is 0.0155 e. The molecule has 1 unspecified atom stereocenters. The van der Waals surface area contributed by atoms with E-state index in [1.54, 1.807) is 0 Å². The van der Waals surface area contributed by atoms with E-state index in [-0.39, 0.29) is 0 Å². The molecule has 0 aromatic carbocycles. The molecule has 0 rings (SSSR count). The molecular formula is C20H34INS. The van der Waals surface area contributed by atoms with Gasteiger partial charge in [-0.1, -0.05) is 66.5 Å². The van der Waals surface area contributed by atoms with Gasteiger partial charge in [-0.15, -0.1) is 11.8 Å². The van der Waals surface area contributed by atoms with Crippen LogP contribution in [-0.2, 0) is 0 Å². The van der Waals surface area contributed by atoms with Gasteiger partial charge in [0.25, 0.3) is 0 Å². The molecule has 3 heteroatoms. The van der Waals surface area contributed by atoms with Gasteiger partial charge in [-0.25, -0.2) is 0 Å². The topological polar surface area (TPSA) is 3.24 Å². The van der Waals surface area contributed by atoms with Crippen molar-refractivity contribution in [3.8, 4) is 0 Å². The van der Waals surface area contributed by atoms with Crippen molar-refractivity contribution in [3.63, 3.8) is 0 Å². The maximum atomic E-state index is 4.26. The number of hydrogen-bond acceptors (Lipinski definition) is 2. The van der Waals surface area contributed by atoms with Crippen molar-refractivity contribution in [2.75, 3.05) is 20.6 Å². The molecule has 0 aliphatic carbocycles. The number of allylic oxidation sites excluding steroid dienone is 5. The molecule has 1 nitrogen and oxygen atoms in total. The molecule has 23 heavy (non-hydrogen) atoms. The van der Waals surface area contributed by atoms with Crippen molar-refractivity contribution >= 4 is 34.4 Å². The van der Waals surface area contributed by atoms with Crippen LogP contribution in [0.4, 0.5) is 0 Å². The van der Waals surface area contributed by atoms with Crippen LogP contribution in [0.2, 0.25) is 0 Å². The molecule has 0 spiro atoms. The molecule has 0 aliphatic rings. The minimum absolute atomic E-state index is 0.584.